The molecule has 8 heteroatoms. The molecule has 0 saturated carbocycles. The molecule has 1 N–H and O–H groups in total. The maximum Gasteiger partial charge on any atom is 0.251 e. The third-order valence-electron chi connectivity index (χ3n) is 1.73. The van der Waals surface area contributed by atoms with Gasteiger partial charge in [0.15, 0.2) is 5.84 Å². The Morgan fingerprint density at radius 3 is 2.25 bits per heavy atom. The van der Waals surface area contributed by atoms with Crippen LogP contribution in [0.25, 0.3) is 0 Å². The summed E-state index contributed by atoms with van der Waals surface area (Å²) >= 11 is 16.9. The summed E-state index contributed by atoms with van der Waals surface area (Å²) in [6.07, 6.45) is 1.33. The van der Waals surface area contributed by atoms with Gasteiger partial charge in [0, 0.05) is 5.41 Å². The van der Waals surface area contributed by atoms with Crippen molar-refractivity contribution < 1.29 is 5.21 Å². The number of aromatic nitrogens is 3. The first-order valence-corrected chi connectivity index (χ1v) is 5.51. The summed E-state index contributed by atoms with van der Waals surface area (Å²) < 4.78 is -0.416. The molecule has 0 aliphatic carbocycles. The Bertz CT molecular complexity index is 402. The Morgan fingerprint density at radius 1 is 1.38 bits per heavy atom. The van der Waals surface area contributed by atoms with E-state index >= 15 is 0 Å². The van der Waals surface area contributed by atoms with Gasteiger partial charge in [-0.2, -0.15) is 0 Å². The molecular formula is C8H11Cl3N4O. The number of hydrogen-bond acceptors (Lipinski definition) is 4. The molecule has 0 spiro atoms. The number of nitrogens with zero attached hydrogens (tertiary/aromatic N) is 4. The SMILES string of the molecule is CC(C)(C)C(=NO)n1cnc(C(Cl)(Cl)Cl)n1. The van der Waals surface area contributed by atoms with Gasteiger partial charge in [-0.3, -0.25) is 0 Å². The summed E-state index contributed by atoms with van der Waals surface area (Å²) in [4.78, 5) is 3.83. The van der Waals surface area contributed by atoms with Gasteiger partial charge in [-0.15, -0.1) is 5.10 Å². The molecule has 0 aromatic carbocycles. The Kier molecular flexibility index (Phi) is 3.72. The second-order valence-electron chi connectivity index (χ2n) is 4.18. The van der Waals surface area contributed by atoms with Crippen LogP contribution >= 0.6 is 34.8 Å². The van der Waals surface area contributed by atoms with E-state index in [2.05, 4.69) is 15.2 Å². The molecule has 90 valence electrons. The van der Waals surface area contributed by atoms with Crippen molar-refractivity contribution in [3.8, 4) is 0 Å². The minimum Gasteiger partial charge on any atom is -0.409 e. The molecule has 0 saturated heterocycles. The summed E-state index contributed by atoms with van der Waals surface area (Å²) in [5.74, 6) is 0.336. The highest BCUT2D eigenvalue weighted by molar-refractivity contribution is 6.66. The van der Waals surface area contributed by atoms with Crippen molar-refractivity contribution in [1.82, 2.24) is 14.8 Å². The molecule has 0 radical (unpaired) electrons. The van der Waals surface area contributed by atoms with Crippen LogP contribution in [0.3, 0.4) is 0 Å². The molecule has 1 heterocycles. The number of rotatable bonds is 0. The predicted molar refractivity (Wildman–Crippen MR) is 63.3 cm³/mol. The summed E-state index contributed by atoms with van der Waals surface area (Å²) in [6.45, 7) is 5.58. The van der Waals surface area contributed by atoms with E-state index in [1.165, 1.54) is 11.0 Å². The van der Waals surface area contributed by atoms with Crippen molar-refractivity contribution in [3.63, 3.8) is 0 Å². The summed E-state index contributed by atoms with van der Waals surface area (Å²) in [6, 6.07) is 0. The highest BCUT2D eigenvalue weighted by Crippen LogP contribution is 2.35. The molecule has 1 aromatic rings. The Morgan fingerprint density at radius 2 is 1.94 bits per heavy atom. The van der Waals surface area contributed by atoms with Gasteiger partial charge in [-0.25, -0.2) is 9.67 Å². The fraction of sp³-hybridized carbons (Fsp3) is 0.625. The average Bonchev–Trinajstić information content (AvgIpc) is 2.50. The third-order valence-corrected chi connectivity index (χ3v) is 2.24. The molecule has 0 amide bonds. The Balaban J connectivity index is 3.12. The van der Waals surface area contributed by atoms with Gasteiger partial charge in [0.25, 0.3) is 3.79 Å². The lowest BCUT2D eigenvalue weighted by Gasteiger charge is -2.18. The number of hydrogen-bond donors (Lipinski definition) is 1. The molecule has 0 aliphatic heterocycles. The van der Waals surface area contributed by atoms with E-state index in [0.29, 0.717) is 5.84 Å². The summed E-state index contributed by atoms with van der Waals surface area (Å²) in [7, 11) is 0. The van der Waals surface area contributed by atoms with Crippen LogP contribution in [0.2, 0.25) is 0 Å². The van der Waals surface area contributed by atoms with Crippen LogP contribution in [0.1, 0.15) is 26.6 Å². The second-order valence-corrected chi connectivity index (χ2v) is 6.47. The molecule has 0 atom stereocenters. The van der Waals surface area contributed by atoms with Gasteiger partial charge < -0.3 is 5.21 Å². The zero-order valence-electron chi connectivity index (χ0n) is 8.95. The van der Waals surface area contributed by atoms with E-state index in [-0.39, 0.29) is 5.82 Å². The third kappa shape index (κ3) is 2.99. The smallest absolute Gasteiger partial charge is 0.251 e. The fourth-order valence-electron chi connectivity index (χ4n) is 1.03. The second kappa shape index (κ2) is 4.39. The first-order valence-electron chi connectivity index (χ1n) is 4.38. The highest BCUT2D eigenvalue weighted by atomic mass is 35.6. The number of alkyl halides is 3. The van der Waals surface area contributed by atoms with Crippen molar-refractivity contribution >= 4 is 40.6 Å². The quantitative estimate of drug-likeness (QED) is 0.262. The number of halogens is 3. The fourth-order valence-corrected chi connectivity index (χ4v) is 1.29. The van der Waals surface area contributed by atoms with E-state index in [1.54, 1.807) is 0 Å². The maximum absolute atomic E-state index is 8.93. The summed E-state index contributed by atoms with van der Waals surface area (Å²) in [5.41, 5.74) is -0.409. The van der Waals surface area contributed by atoms with Crippen LogP contribution in [0.4, 0.5) is 0 Å². The largest absolute Gasteiger partial charge is 0.409 e. The molecule has 16 heavy (non-hydrogen) atoms. The Labute approximate surface area is 108 Å². The van der Waals surface area contributed by atoms with Crippen LogP contribution in [0.15, 0.2) is 11.5 Å². The summed E-state index contributed by atoms with van der Waals surface area (Å²) in [5, 5.41) is 16.0. The van der Waals surface area contributed by atoms with E-state index < -0.39 is 9.21 Å². The molecular weight excluding hydrogens is 274 g/mol. The monoisotopic (exact) mass is 284 g/mol. The number of oxime groups is 1. The maximum atomic E-state index is 8.93. The van der Waals surface area contributed by atoms with Gasteiger partial charge in [-0.1, -0.05) is 60.7 Å². The molecule has 0 bridgehead atoms. The standard InChI is InChI=1S/C8H11Cl3N4O/c1-7(2,3)6(14-16)15-4-12-5(13-15)8(9,10)11/h4,16H,1-3H3. The van der Waals surface area contributed by atoms with Crippen LogP contribution in [0.5, 0.6) is 0 Å². The van der Waals surface area contributed by atoms with E-state index in [0.717, 1.165) is 0 Å². The normalized spacial score (nSPS) is 14.2. The molecule has 1 aromatic heterocycles. The van der Waals surface area contributed by atoms with Gasteiger partial charge in [0.1, 0.15) is 6.33 Å². The van der Waals surface area contributed by atoms with Gasteiger partial charge in [0.2, 0.25) is 5.82 Å². The topological polar surface area (TPSA) is 63.3 Å². The minimum atomic E-state index is -1.69. The molecule has 0 unspecified atom stereocenters. The van der Waals surface area contributed by atoms with Crippen LogP contribution in [-0.2, 0) is 3.79 Å². The van der Waals surface area contributed by atoms with Gasteiger partial charge >= 0.3 is 0 Å². The van der Waals surface area contributed by atoms with Crippen LogP contribution in [-0.4, -0.2) is 25.8 Å². The van der Waals surface area contributed by atoms with Crippen molar-refractivity contribution in [3.05, 3.63) is 12.2 Å². The molecule has 1 rings (SSSR count). The van der Waals surface area contributed by atoms with Crippen LogP contribution in [0, 0.1) is 5.41 Å². The predicted octanol–water partition coefficient (Wildman–Crippen LogP) is 2.79. The molecule has 0 aliphatic rings. The first-order chi connectivity index (χ1) is 7.16. The van der Waals surface area contributed by atoms with Crippen molar-refractivity contribution in [2.24, 2.45) is 10.6 Å². The van der Waals surface area contributed by atoms with Gasteiger partial charge in [0.05, 0.1) is 0 Å². The highest BCUT2D eigenvalue weighted by Gasteiger charge is 2.30. The zero-order chi connectivity index (χ0) is 12.6. The lowest BCUT2D eigenvalue weighted by Crippen LogP contribution is -2.28. The van der Waals surface area contributed by atoms with E-state index in [4.69, 9.17) is 40.0 Å². The minimum absolute atomic E-state index is 0.0305. The van der Waals surface area contributed by atoms with Crippen LogP contribution < -0.4 is 0 Å². The van der Waals surface area contributed by atoms with Crippen molar-refractivity contribution in [1.29, 1.82) is 0 Å². The van der Waals surface area contributed by atoms with E-state index in [1.807, 2.05) is 20.8 Å². The van der Waals surface area contributed by atoms with Gasteiger partial charge in [-0.05, 0) is 0 Å². The van der Waals surface area contributed by atoms with E-state index in [9.17, 15) is 0 Å². The lowest BCUT2D eigenvalue weighted by atomic mass is 9.95. The zero-order valence-corrected chi connectivity index (χ0v) is 11.2. The average molecular weight is 286 g/mol. The van der Waals surface area contributed by atoms with Crippen molar-refractivity contribution in [2.75, 3.05) is 0 Å². The lowest BCUT2D eigenvalue weighted by molar-refractivity contribution is 0.306. The molecule has 5 nitrogen and oxygen atoms in total. The van der Waals surface area contributed by atoms with Crippen molar-refractivity contribution in [2.45, 2.75) is 24.6 Å². The molecule has 0 fully saturated rings. The first kappa shape index (κ1) is 13.5. The Hall–Kier alpha value is -0.520.